The van der Waals surface area contributed by atoms with E-state index in [2.05, 4.69) is 17.2 Å². The summed E-state index contributed by atoms with van der Waals surface area (Å²) in [6.07, 6.45) is 2.96. The molecule has 0 aliphatic carbocycles. The minimum absolute atomic E-state index is 0.100. The lowest BCUT2D eigenvalue weighted by Gasteiger charge is -2.14. The zero-order chi connectivity index (χ0) is 12.0. The number of hydrogen-bond donors (Lipinski definition) is 2. The molecule has 90 valence electrons. The number of nitrogens with two attached hydrogens (primary N) is 1. The number of nitrogens with one attached hydrogen (secondary N) is 1. The Balaban J connectivity index is 2.56. The summed E-state index contributed by atoms with van der Waals surface area (Å²) in [6, 6.07) is 0.213. The van der Waals surface area contributed by atoms with Crippen LogP contribution in [-0.4, -0.2) is 28.9 Å². The normalized spacial score (nSPS) is 12.4. The van der Waals surface area contributed by atoms with E-state index in [0.29, 0.717) is 12.2 Å². The van der Waals surface area contributed by atoms with Crippen LogP contribution in [0.2, 0.25) is 0 Å². The third kappa shape index (κ3) is 3.77. The Morgan fingerprint density at radius 1 is 1.75 bits per heavy atom. The molecule has 0 aliphatic heterocycles. The van der Waals surface area contributed by atoms with Crippen molar-refractivity contribution in [2.45, 2.75) is 25.9 Å². The van der Waals surface area contributed by atoms with Crippen LogP contribution in [-0.2, 0) is 6.54 Å². The Hall–Kier alpha value is -0.590. The van der Waals surface area contributed by atoms with Gasteiger partial charge < -0.3 is 11.1 Å². The highest BCUT2D eigenvalue weighted by molar-refractivity contribution is 7.98. The van der Waals surface area contributed by atoms with Crippen LogP contribution in [0, 0.1) is 0 Å². The van der Waals surface area contributed by atoms with E-state index in [4.69, 9.17) is 5.73 Å². The molecule has 0 fully saturated rings. The first kappa shape index (κ1) is 13.5. The molecule has 0 bridgehead atoms. The van der Waals surface area contributed by atoms with Crippen LogP contribution in [0.3, 0.4) is 0 Å². The van der Waals surface area contributed by atoms with Crippen LogP contribution in [0.15, 0.2) is 5.38 Å². The Kier molecular flexibility index (Phi) is 5.79. The molecule has 0 saturated heterocycles. The predicted octanol–water partition coefficient (Wildman–Crippen LogP) is 1.47. The van der Waals surface area contributed by atoms with E-state index < -0.39 is 0 Å². The zero-order valence-corrected chi connectivity index (χ0v) is 11.2. The maximum Gasteiger partial charge on any atom is 0.271 e. The first-order valence-electron chi connectivity index (χ1n) is 5.15. The van der Waals surface area contributed by atoms with Gasteiger partial charge in [0.2, 0.25) is 0 Å². The van der Waals surface area contributed by atoms with Gasteiger partial charge in [0.15, 0.2) is 0 Å². The van der Waals surface area contributed by atoms with E-state index in [1.165, 1.54) is 11.3 Å². The van der Waals surface area contributed by atoms with Gasteiger partial charge in [-0.25, -0.2) is 4.98 Å². The van der Waals surface area contributed by atoms with Crippen molar-refractivity contribution < 1.29 is 4.79 Å². The highest BCUT2D eigenvalue weighted by Crippen LogP contribution is 2.09. The molecule has 1 aromatic heterocycles. The van der Waals surface area contributed by atoms with Crippen molar-refractivity contribution in [3.8, 4) is 0 Å². The van der Waals surface area contributed by atoms with Gasteiger partial charge in [-0.2, -0.15) is 11.8 Å². The zero-order valence-electron chi connectivity index (χ0n) is 9.53. The number of carbonyl (C=O) groups is 1. The van der Waals surface area contributed by atoms with Crippen LogP contribution < -0.4 is 11.1 Å². The molecule has 1 rings (SSSR count). The van der Waals surface area contributed by atoms with Crippen LogP contribution >= 0.6 is 23.1 Å². The molecule has 1 atom stereocenters. The largest absolute Gasteiger partial charge is 0.347 e. The first-order valence-corrected chi connectivity index (χ1v) is 7.42. The molecular weight excluding hydrogens is 242 g/mol. The van der Waals surface area contributed by atoms with E-state index >= 15 is 0 Å². The first-order chi connectivity index (χ1) is 7.71. The van der Waals surface area contributed by atoms with Crippen LogP contribution in [0.4, 0.5) is 0 Å². The third-order valence-corrected chi connectivity index (χ3v) is 3.76. The number of thiazole rings is 1. The Labute approximate surface area is 104 Å². The fourth-order valence-corrected chi connectivity index (χ4v) is 2.61. The second-order valence-corrected chi connectivity index (χ2v) is 5.22. The van der Waals surface area contributed by atoms with Crippen LogP contribution in [0.1, 0.15) is 28.8 Å². The summed E-state index contributed by atoms with van der Waals surface area (Å²) in [5.41, 5.74) is 5.93. The molecule has 0 aliphatic rings. The van der Waals surface area contributed by atoms with Gasteiger partial charge in [0.1, 0.15) is 10.7 Å². The molecule has 0 radical (unpaired) electrons. The highest BCUT2D eigenvalue weighted by atomic mass is 32.2. The molecule has 1 heterocycles. The van der Waals surface area contributed by atoms with Gasteiger partial charge in [-0.05, 0) is 12.7 Å². The fourth-order valence-electron chi connectivity index (χ4n) is 1.23. The molecule has 1 unspecified atom stereocenters. The average molecular weight is 259 g/mol. The van der Waals surface area contributed by atoms with Gasteiger partial charge in [0.25, 0.3) is 5.91 Å². The monoisotopic (exact) mass is 259 g/mol. The molecule has 1 aromatic rings. The topological polar surface area (TPSA) is 68.0 Å². The van der Waals surface area contributed by atoms with E-state index in [1.807, 2.05) is 6.26 Å². The van der Waals surface area contributed by atoms with Gasteiger partial charge in [-0.3, -0.25) is 4.79 Å². The SMILES string of the molecule is CCC(CSC)NC(=O)c1csc(CN)n1. The number of aromatic nitrogens is 1. The van der Waals surface area contributed by atoms with E-state index in [0.717, 1.165) is 17.2 Å². The summed E-state index contributed by atoms with van der Waals surface area (Å²) in [4.78, 5) is 16.0. The summed E-state index contributed by atoms with van der Waals surface area (Å²) in [6.45, 7) is 2.45. The summed E-state index contributed by atoms with van der Waals surface area (Å²) in [7, 11) is 0. The highest BCUT2D eigenvalue weighted by Gasteiger charge is 2.14. The van der Waals surface area contributed by atoms with Crippen molar-refractivity contribution in [2.75, 3.05) is 12.0 Å². The second-order valence-electron chi connectivity index (χ2n) is 3.36. The van der Waals surface area contributed by atoms with Gasteiger partial charge in [0, 0.05) is 23.7 Å². The molecule has 6 heteroatoms. The van der Waals surface area contributed by atoms with Crippen LogP contribution in [0.5, 0.6) is 0 Å². The van der Waals surface area contributed by atoms with Crippen molar-refractivity contribution in [2.24, 2.45) is 5.73 Å². The predicted molar refractivity (Wildman–Crippen MR) is 69.9 cm³/mol. The van der Waals surface area contributed by atoms with Crippen molar-refractivity contribution in [1.82, 2.24) is 10.3 Å². The average Bonchev–Trinajstić information content (AvgIpc) is 2.76. The van der Waals surface area contributed by atoms with Gasteiger partial charge in [-0.1, -0.05) is 6.92 Å². The summed E-state index contributed by atoms with van der Waals surface area (Å²) >= 11 is 3.15. The minimum Gasteiger partial charge on any atom is -0.347 e. The Bertz CT molecular complexity index is 341. The molecule has 4 nitrogen and oxygen atoms in total. The quantitative estimate of drug-likeness (QED) is 0.812. The number of thioether (sulfide) groups is 1. The van der Waals surface area contributed by atoms with Gasteiger partial charge >= 0.3 is 0 Å². The van der Waals surface area contributed by atoms with E-state index in [1.54, 1.807) is 17.1 Å². The second kappa shape index (κ2) is 6.88. The molecule has 0 saturated carbocycles. The minimum atomic E-state index is -0.100. The van der Waals surface area contributed by atoms with E-state index in [-0.39, 0.29) is 11.9 Å². The van der Waals surface area contributed by atoms with Crippen LogP contribution in [0.25, 0.3) is 0 Å². The molecule has 3 N–H and O–H groups in total. The summed E-state index contributed by atoms with van der Waals surface area (Å²) < 4.78 is 0. The Morgan fingerprint density at radius 3 is 3.00 bits per heavy atom. The lowest BCUT2D eigenvalue weighted by molar-refractivity contribution is 0.0935. The van der Waals surface area contributed by atoms with Crippen molar-refractivity contribution >= 4 is 29.0 Å². The van der Waals surface area contributed by atoms with Crippen molar-refractivity contribution in [1.29, 1.82) is 0 Å². The summed E-state index contributed by atoms with van der Waals surface area (Å²) in [5.74, 6) is 0.827. The smallest absolute Gasteiger partial charge is 0.271 e. The lowest BCUT2D eigenvalue weighted by atomic mass is 10.2. The van der Waals surface area contributed by atoms with Gasteiger partial charge in [0.05, 0.1) is 0 Å². The Morgan fingerprint density at radius 2 is 2.50 bits per heavy atom. The molecule has 0 aromatic carbocycles. The number of amides is 1. The molecule has 1 amide bonds. The standard InChI is InChI=1S/C10H17N3OS2/c1-3-7(5-15-2)12-10(14)8-6-16-9(4-11)13-8/h6-7H,3-5,11H2,1-2H3,(H,12,14). The number of nitrogens with zero attached hydrogens (tertiary/aromatic N) is 1. The lowest BCUT2D eigenvalue weighted by Crippen LogP contribution is -2.36. The summed E-state index contributed by atoms with van der Waals surface area (Å²) in [5, 5.41) is 5.51. The number of rotatable bonds is 6. The fraction of sp³-hybridized carbons (Fsp3) is 0.600. The molecule has 0 spiro atoms. The van der Waals surface area contributed by atoms with E-state index in [9.17, 15) is 4.79 Å². The number of carbonyl (C=O) groups excluding carboxylic acids is 1. The molecule has 16 heavy (non-hydrogen) atoms. The maximum atomic E-state index is 11.8. The number of hydrogen-bond acceptors (Lipinski definition) is 5. The van der Waals surface area contributed by atoms with Crippen molar-refractivity contribution in [3.63, 3.8) is 0 Å². The maximum absolute atomic E-state index is 11.8. The molecular formula is C10H17N3OS2. The van der Waals surface area contributed by atoms with Crippen molar-refractivity contribution in [3.05, 3.63) is 16.1 Å². The third-order valence-electron chi connectivity index (χ3n) is 2.15. The van der Waals surface area contributed by atoms with Gasteiger partial charge in [-0.15, -0.1) is 11.3 Å².